The second-order valence-electron chi connectivity index (χ2n) is 6.35. The Balaban J connectivity index is 2.25. The molecule has 1 amide bonds. The van der Waals surface area contributed by atoms with E-state index in [4.69, 9.17) is 14.2 Å². The number of rotatable bonds is 5. The summed E-state index contributed by atoms with van der Waals surface area (Å²) in [5.41, 5.74) is 0. The van der Waals surface area contributed by atoms with Crippen molar-refractivity contribution in [1.82, 2.24) is 5.32 Å². The fourth-order valence-electron chi connectivity index (χ4n) is 2.96. The summed E-state index contributed by atoms with van der Waals surface area (Å²) in [5.74, 6) is -2.76. The summed E-state index contributed by atoms with van der Waals surface area (Å²) in [6.07, 6.45) is -12.8. The van der Waals surface area contributed by atoms with Crippen molar-refractivity contribution in [2.24, 2.45) is 0 Å². The Kier molecular flexibility index (Phi) is 6.90. The van der Waals surface area contributed by atoms with Gasteiger partial charge < -0.3 is 50.5 Å². The molecule has 2 fully saturated rings. The third-order valence-corrected chi connectivity index (χ3v) is 4.30. The predicted molar refractivity (Wildman–Crippen MR) is 80.0 cm³/mol. The number of ether oxygens (including phenoxy) is 3. The minimum atomic E-state index is -2.11. The van der Waals surface area contributed by atoms with Crippen LogP contribution in [0.5, 0.6) is 0 Å². The Morgan fingerprint density at radius 2 is 1.65 bits per heavy atom. The third-order valence-electron chi connectivity index (χ3n) is 4.30. The van der Waals surface area contributed by atoms with Crippen molar-refractivity contribution in [2.45, 2.75) is 68.3 Å². The molecule has 8 N–H and O–H groups in total. The first kappa shape index (κ1) is 21.4. The number of amides is 1. The van der Waals surface area contributed by atoms with Crippen LogP contribution in [0.4, 0.5) is 0 Å². The maximum Gasteiger partial charge on any atom is 0.256 e. The molecular formula is C14H25NO11. The SMILES string of the molecule is CC(=O)N[C@@]1(O[C@@H]2O[C@H](CO)[C@H](O)[C@H](O)[C@H]2O)C[C@@H](O)[C@H](O)[C@@H](CO)O1. The second-order valence-corrected chi connectivity index (χ2v) is 6.35. The molecule has 2 aliphatic rings. The van der Waals surface area contributed by atoms with Gasteiger partial charge in [0.1, 0.15) is 36.6 Å². The monoisotopic (exact) mass is 383 g/mol. The Labute approximate surface area is 148 Å². The highest BCUT2D eigenvalue weighted by Crippen LogP contribution is 2.33. The maximum absolute atomic E-state index is 11.6. The summed E-state index contributed by atoms with van der Waals surface area (Å²) < 4.78 is 16.0. The molecule has 9 atom stereocenters. The summed E-state index contributed by atoms with van der Waals surface area (Å²) in [5, 5.41) is 70.3. The van der Waals surface area contributed by atoms with E-state index in [1.807, 2.05) is 0 Å². The maximum atomic E-state index is 11.6. The van der Waals surface area contributed by atoms with Gasteiger partial charge in [-0.25, -0.2) is 0 Å². The minimum absolute atomic E-state index is 0.487. The van der Waals surface area contributed by atoms with Gasteiger partial charge >= 0.3 is 0 Å². The van der Waals surface area contributed by atoms with E-state index in [0.29, 0.717) is 0 Å². The molecule has 0 aliphatic carbocycles. The van der Waals surface area contributed by atoms with E-state index in [9.17, 15) is 40.5 Å². The number of carbonyl (C=O) groups excluding carboxylic acids is 1. The standard InChI is InChI=1S/C14H25NO11/c1-5(18)15-14(2-6(19)9(20)8(4-17)25-14)26-13-12(23)11(22)10(21)7(3-16)24-13/h6-13,16-17,19-23H,2-4H2,1H3,(H,15,18)/t6-,7-,8-,9+,10+,11+,12-,13+,14+/m1/s1. The van der Waals surface area contributed by atoms with Crippen LogP contribution in [0.2, 0.25) is 0 Å². The van der Waals surface area contributed by atoms with Crippen LogP contribution in [-0.4, -0.2) is 110 Å². The molecule has 0 aromatic rings. The van der Waals surface area contributed by atoms with Crippen molar-refractivity contribution < 1.29 is 54.8 Å². The zero-order valence-electron chi connectivity index (χ0n) is 14.0. The van der Waals surface area contributed by atoms with Gasteiger partial charge in [-0.2, -0.15) is 0 Å². The van der Waals surface area contributed by atoms with E-state index in [2.05, 4.69) is 5.32 Å². The lowest BCUT2D eigenvalue weighted by Crippen LogP contribution is -2.68. The van der Waals surface area contributed by atoms with Gasteiger partial charge in [-0.05, 0) is 0 Å². The van der Waals surface area contributed by atoms with Gasteiger partial charge in [0, 0.05) is 6.92 Å². The van der Waals surface area contributed by atoms with Crippen LogP contribution in [0.25, 0.3) is 0 Å². The molecule has 0 spiro atoms. The molecule has 26 heavy (non-hydrogen) atoms. The summed E-state index contributed by atoms with van der Waals surface area (Å²) in [6.45, 7) is -0.288. The number of carbonyl (C=O) groups is 1. The average molecular weight is 383 g/mol. The zero-order valence-corrected chi connectivity index (χ0v) is 14.0. The first-order valence-electron chi connectivity index (χ1n) is 8.06. The molecular weight excluding hydrogens is 358 g/mol. The van der Waals surface area contributed by atoms with Crippen LogP contribution in [0.15, 0.2) is 0 Å². The predicted octanol–water partition coefficient (Wildman–Crippen LogP) is -4.90. The van der Waals surface area contributed by atoms with E-state index >= 15 is 0 Å². The average Bonchev–Trinajstić information content (AvgIpc) is 2.58. The topological polar surface area (TPSA) is 198 Å². The lowest BCUT2D eigenvalue weighted by atomic mass is 9.98. The van der Waals surface area contributed by atoms with Gasteiger partial charge in [-0.3, -0.25) is 9.53 Å². The largest absolute Gasteiger partial charge is 0.394 e. The first-order chi connectivity index (χ1) is 12.1. The molecule has 0 aromatic carbocycles. The number of aliphatic hydroxyl groups is 7. The van der Waals surface area contributed by atoms with E-state index in [-0.39, 0.29) is 0 Å². The van der Waals surface area contributed by atoms with Gasteiger partial charge in [0.05, 0.1) is 25.7 Å². The fourth-order valence-corrected chi connectivity index (χ4v) is 2.96. The lowest BCUT2D eigenvalue weighted by Gasteiger charge is -2.48. The second kappa shape index (κ2) is 8.39. The fraction of sp³-hybridized carbons (Fsp3) is 0.929. The molecule has 0 radical (unpaired) electrons. The molecule has 12 heteroatoms. The summed E-state index contributed by atoms with van der Waals surface area (Å²) >= 11 is 0. The van der Waals surface area contributed by atoms with Crippen LogP contribution in [0, 0.1) is 0 Å². The molecule has 0 unspecified atom stereocenters. The summed E-state index contributed by atoms with van der Waals surface area (Å²) in [7, 11) is 0. The molecule has 2 heterocycles. The molecule has 0 saturated carbocycles. The van der Waals surface area contributed by atoms with E-state index in [0.717, 1.165) is 6.92 Å². The van der Waals surface area contributed by atoms with Gasteiger partial charge in [0.2, 0.25) is 5.91 Å². The third kappa shape index (κ3) is 4.31. The molecule has 0 aromatic heterocycles. The highest BCUT2D eigenvalue weighted by Gasteiger charge is 2.53. The molecule has 2 saturated heterocycles. The number of hydrogen-bond donors (Lipinski definition) is 8. The van der Waals surface area contributed by atoms with Crippen LogP contribution >= 0.6 is 0 Å². The van der Waals surface area contributed by atoms with Crippen LogP contribution in [-0.2, 0) is 19.0 Å². The quantitative estimate of drug-likeness (QED) is 0.212. The van der Waals surface area contributed by atoms with Crippen molar-refractivity contribution in [1.29, 1.82) is 0 Å². The Morgan fingerprint density at radius 3 is 2.19 bits per heavy atom. The summed E-state index contributed by atoms with van der Waals surface area (Å²) in [6, 6.07) is 0. The minimum Gasteiger partial charge on any atom is -0.394 e. The lowest BCUT2D eigenvalue weighted by molar-refractivity contribution is -0.405. The van der Waals surface area contributed by atoms with Gasteiger partial charge in [-0.15, -0.1) is 0 Å². The Hall–Kier alpha value is -0.930. The molecule has 152 valence electrons. The number of nitrogens with one attached hydrogen (secondary N) is 1. The molecule has 12 nitrogen and oxygen atoms in total. The Morgan fingerprint density at radius 1 is 1.04 bits per heavy atom. The first-order valence-corrected chi connectivity index (χ1v) is 8.06. The molecule has 0 bridgehead atoms. The highest BCUT2D eigenvalue weighted by molar-refractivity contribution is 5.73. The highest BCUT2D eigenvalue weighted by atomic mass is 16.8. The molecule has 2 aliphatic heterocycles. The molecule has 2 rings (SSSR count). The van der Waals surface area contributed by atoms with E-state index in [1.54, 1.807) is 0 Å². The zero-order chi connectivity index (χ0) is 19.6. The van der Waals surface area contributed by atoms with Crippen molar-refractivity contribution in [3.63, 3.8) is 0 Å². The van der Waals surface area contributed by atoms with Gasteiger partial charge in [0.15, 0.2) is 6.29 Å². The van der Waals surface area contributed by atoms with Crippen LogP contribution in [0.3, 0.4) is 0 Å². The van der Waals surface area contributed by atoms with E-state index < -0.39 is 80.5 Å². The van der Waals surface area contributed by atoms with Crippen LogP contribution in [0.1, 0.15) is 13.3 Å². The van der Waals surface area contributed by atoms with Gasteiger partial charge in [0.25, 0.3) is 5.91 Å². The Bertz CT molecular complexity index is 492. The van der Waals surface area contributed by atoms with Crippen molar-refractivity contribution in [3.05, 3.63) is 0 Å². The van der Waals surface area contributed by atoms with E-state index in [1.165, 1.54) is 0 Å². The number of aliphatic hydroxyl groups excluding tert-OH is 7. The summed E-state index contributed by atoms with van der Waals surface area (Å²) in [4.78, 5) is 11.6. The smallest absolute Gasteiger partial charge is 0.256 e. The number of hydrogen-bond acceptors (Lipinski definition) is 11. The van der Waals surface area contributed by atoms with Gasteiger partial charge in [-0.1, -0.05) is 0 Å². The van der Waals surface area contributed by atoms with Crippen molar-refractivity contribution >= 4 is 5.91 Å². The normalized spacial score (nSPS) is 46.8. The van der Waals surface area contributed by atoms with Crippen LogP contribution < -0.4 is 5.32 Å². The van der Waals surface area contributed by atoms with Crippen molar-refractivity contribution in [2.75, 3.05) is 13.2 Å². The van der Waals surface area contributed by atoms with Crippen molar-refractivity contribution in [3.8, 4) is 0 Å².